The van der Waals surface area contributed by atoms with Crippen molar-refractivity contribution in [1.29, 1.82) is 0 Å². The highest BCUT2D eigenvalue weighted by Crippen LogP contribution is 2.20. The molecule has 0 bridgehead atoms. The largest absolute Gasteiger partial charge is 0.406 e. The van der Waals surface area contributed by atoms with Gasteiger partial charge in [-0.3, -0.25) is 4.79 Å². The number of aryl methyl sites for hydroxylation is 1. The molecular weight excluding hydrogens is 321 g/mol. The van der Waals surface area contributed by atoms with Gasteiger partial charge in [-0.25, -0.2) is 9.78 Å². The summed E-state index contributed by atoms with van der Waals surface area (Å²) in [5.74, 6) is -0.711. The van der Waals surface area contributed by atoms with Gasteiger partial charge in [-0.1, -0.05) is 0 Å². The van der Waals surface area contributed by atoms with Gasteiger partial charge < -0.3 is 15.5 Å². The van der Waals surface area contributed by atoms with Crippen molar-refractivity contribution < 1.29 is 22.8 Å². The highest BCUT2D eigenvalue weighted by Gasteiger charge is 2.39. The molecule has 6 nitrogen and oxygen atoms in total. The van der Waals surface area contributed by atoms with E-state index in [2.05, 4.69) is 15.6 Å². The molecule has 1 fully saturated rings. The van der Waals surface area contributed by atoms with Gasteiger partial charge in [-0.2, -0.15) is 13.2 Å². The van der Waals surface area contributed by atoms with Crippen molar-refractivity contribution in [3.8, 4) is 0 Å². The Morgan fingerprint density at radius 2 is 2.27 bits per heavy atom. The van der Waals surface area contributed by atoms with Gasteiger partial charge in [0.25, 0.3) is 0 Å². The summed E-state index contributed by atoms with van der Waals surface area (Å²) < 4.78 is 36.8. The molecule has 1 aromatic rings. The number of nitrogens with zero attached hydrogens (tertiary/aromatic N) is 2. The minimum absolute atomic E-state index is 0.0189. The average molecular weight is 336 g/mol. The fourth-order valence-electron chi connectivity index (χ4n) is 2.10. The maximum absolute atomic E-state index is 12.3. The van der Waals surface area contributed by atoms with Gasteiger partial charge in [-0.05, 0) is 13.3 Å². The number of nitrogens with one attached hydrogen (secondary N) is 2. The lowest BCUT2D eigenvalue weighted by molar-refractivity contribution is -0.157. The number of alkyl halides is 3. The fraction of sp³-hybridized carbons (Fsp3) is 0.583. The first-order valence-corrected chi connectivity index (χ1v) is 7.43. The molecule has 1 unspecified atom stereocenters. The predicted molar refractivity (Wildman–Crippen MR) is 73.3 cm³/mol. The minimum Gasteiger partial charge on any atom is -0.332 e. The molecule has 1 saturated heterocycles. The van der Waals surface area contributed by atoms with Crippen LogP contribution in [-0.4, -0.2) is 47.1 Å². The highest BCUT2D eigenvalue weighted by atomic mass is 32.1. The molecule has 0 aromatic carbocycles. The molecule has 0 radical (unpaired) electrons. The van der Waals surface area contributed by atoms with E-state index in [1.54, 1.807) is 0 Å². The van der Waals surface area contributed by atoms with Crippen LogP contribution >= 0.6 is 11.3 Å². The van der Waals surface area contributed by atoms with Crippen LogP contribution in [0.5, 0.6) is 0 Å². The van der Waals surface area contributed by atoms with Crippen LogP contribution in [0.3, 0.4) is 0 Å². The zero-order valence-corrected chi connectivity index (χ0v) is 12.6. The molecule has 10 heteroatoms. The van der Waals surface area contributed by atoms with Crippen LogP contribution in [0.2, 0.25) is 0 Å². The monoisotopic (exact) mass is 336 g/mol. The van der Waals surface area contributed by atoms with Crippen molar-refractivity contribution in [3.63, 3.8) is 0 Å². The SMILES string of the molecule is Cc1csc(CNC(=O)NC2CCN(CC(F)(F)F)C2=O)n1. The lowest BCUT2D eigenvalue weighted by atomic mass is 10.2. The first-order chi connectivity index (χ1) is 10.2. The number of urea groups is 1. The summed E-state index contributed by atoms with van der Waals surface area (Å²) in [6, 6.07) is -1.51. The summed E-state index contributed by atoms with van der Waals surface area (Å²) in [4.78, 5) is 28.3. The molecule has 1 aliphatic heterocycles. The third kappa shape index (κ3) is 4.58. The number of amides is 3. The summed E-state index contributed by atoms with van der Waals surface area (Å²) in [6.45, 7) is 0.725. The van der Waals surface area contributed by atoms with Crippen molar-refractivity contribution >= 4 is 23.3 Å². The molecule has 3 amide bonds. The van der Waals surface area contributed by atoms with E-state index in [4.69, 9.17) is 0 Å². The number of aromatic nitrogens is 1. The average Bonchev–Trinajstić information content (AvgIpc) is 2.95. The topological polar surface area (TPSA) is 74.3 Å². The minimum atomic E-state index is -4.44. The van der Waals surface area contributed by atoms with E-state index in [-0.39, 0.29) is 19.5 Å². The van der Waals surface area contributed by atoms with Crippen molar-refractivity contribution in [2.45, 2.75) is 32.1 Å². The Bertz CT molecular complexity index is 561. The Labute approximate surface area is 128 Å². The van der Waals surface area contributed by atoms with E-state index in [1.165, 1.54) is 11.3 Å². The van der Waals surface area contributed by atoms with Gasteiger partial charge in [0.15, 0.2) is 0 Å². The van der Waals surface area contributed by atoms with Crippen LogP contribution in [0.25, 0.3) is 0 Å². The number of rotatable bonds is 4. The number of carbonyl (C=O) groups is 2. The molecule has 1 aromatic heterocycles. The molecule has 22 heavy (non-hydrogen) atoms. The van der Waals surface area contributed by atoms with E-state index in [1.807, 2.05) is 12.3 Å². The third-order valence-electron chi connectivity index (χ3n) is 3.04. The van der Waals surface area contributed by atoms with Gasteiger partial charge >= 0.3 is 12.2 Å². The number of halogens is 3. The zero-order chi connectivity index (χ0) is 16.3. The summed E-state index contributed by atoms with van der Waals surface area (Å²) in [7, 11) is 0. The van der Waals surface area contributed by atoms with Crippen LogP contribution in [-0.2, 0) is 11.3 Å². The molecular formula is C12H15F3N4O2S. The van der Waals surface area contributed by atoms with Gasteiger partial charge in [0, 0.05) is 17.6 Å². The normalized spacial score (nSPS) is 18.6. The maximum atomic E-state index is 12.3. The number of hydrogen-bond donors (Lipinski definition) is 2. The zero-order valence-electron chi connectivity index (χ0n) is 11.7. The molecule has 2 N–H and O–H groups in total. The van der Waals surface area contributed by atoms with Gasteiger partial charge in [-0.15, -0.1) is 11.3 Å². The Morgan fingerprint density at radius 3 is 2.86 bits per heavy atom. The van der Waals surface area contributed by atoms with E-state index >= 15 is 0 Å². The van der Waals surface area contributed by atoms with Gasteiger partial charge in [0.2, 0.25) is 5.91 Å². The van der Waals surface area contributed by atoms with Crippen LogP contribution in [0.1, 0.15) is 17.1 Å². The summed E-state index contributed by atoms with van der Waals surface area (Å²) >= 11 is 1.39. The Hall–Kier alpha value is -1.84. The van der Waals surface area contributed by atoms with E-state index in [0.717, 1.165) is 5.69 Å². The molecule has 0 aliphatic carbocycles. The number of likely N-dealkylation sites (tertiary alicyclic amines) is 1. The lowest BCUT2D eigenvalue weighted by Gasteiger charge is -2.18. The molecule has 2 rings (SSSR count). The molecule has 122 valence electrons. The maximum Gasteiger partial charge on any atom is 0.406 e. The van der Waals surface area contributed by atoms with E-state index in [0.29, 0.717) is 9.91 Å². The molecule has 1 aliphatic rings. The molecule has 1 atom stereocenters. The smallest absolute Gasteiger partial charge is 0.332 e. The number of hydrogen-bond acceptors (Lipinski definition) is 4. The predicted octanol–water partition coefficient (Wildman–Crippen LogP) is 1.41. The van der Waals surface area contributed by atoms with Gasteiger partial charge in [0.05, 0.1) is 6.54 Å². The van der Waals surface area contributed by atoms with Gasteiger partial charge in [0.1, 0.15) is 17.6 Å². The Kier molecular flexibility index (Phi) is 4.89. The van der Waals surface area contributed by atoms with Crippen LogP contribution < -0.4 is 10.6 Å². The lowest BCUT2D eigenvalue weighted by Crippen LogP contribution is -2.47. The van der Waals surface area contributed by atoms with E-state index in [9.17, 15) is 22.8 Å². The second kappa shape index (κ2) is 6.51. The summed E-state index contributed by atoms with van der Waals surface area (Å²) in [5.41, 5.74) is 0.843. The number of carbonyl (C=O) groups excluding carboxylic acids is 2. The summed E-state index contributed by atoms with van der Waals surface area (Å²) in [6.07, 6.45) is -4.27. The second-order valence-electron chi connectivity index (χ2n) is 4.93. The quantitative estimate of drug-likeness (QED) is 0.873. The van der Waals surface area contributed by atoms with Crippen LogP contribution in [0.15, 0.2) is 5.38 Å². The standard InChI is InChI=1S/C12H15F3N4O2S/c1-7-5-22-9(17-7)4-16-11(21)18-8-2-3-19(10(8)20)6-12(13,14)15/h5,8H,2-4,6H2,1H3,(H2,16,18,21). The Balaban J connectivity index is 1.78. The van der Waals surface area contributed by atoms with Crippen molar-refractivity contribution in [2.24, 2.45) is 0 Å². The molecule has 2 heterocycles. The highest BCUT2D eigenvalue weighted by molar-refractivity contribution is 7.09. The summed E-state index contributed by atoms with van der Waals surface area (Å²) in [5, 5.41) is 7.47. The van der Waals surface area contributed by atoms with Crippen LogP contribution in [0.4, 0.5) is 18.0 Å². The fourth-order valence-corrected chi connectivity index (χ4v) is 2.81. The first kappa shape index (κ1) is 16.5. The third-order valence-corrected chi connectivity index (χ3v) is 4.01. The second-order valence-corrected chi connectivity index (χ2v) is 5.87. The van der Waals surface area contributed by atoms with Crippen molar-refractivity contribution in [3.05, 3.63) is 16.1 Å². The first-order valence-electron chi connectivity index (χ1n) is 6.55. The van der Waals surface area contributed by atoms with E-state index < -0.39 is 30.7 Å². The molecule has 0 spiro atoms. The van der Waals surface area contributed by atoms with Crippen molar-refractivity contribution in [1.82, 2.24) is 20.5 Å². The van der Waals surface area contributed by atoms with Crippen molar-refractivity contribution in [2.75, 3.05) is 13.1 Å². The molecule has 0 saturated carbocycles. The number of thiazole rings is 1. The Morgan fingerprint density at radius 1 is 1.55 bits per heavy atom. The van der Waals surface area contributed by atoms with Crippen LogP contribution in [0, 0.1) is 6.92 Å².